The molecule has 1 aromatic heterocycles. The van der Waals surface area contributed by atoms with Crippen LogP contribution in [0.3, 0.4) is 0 Å². The average molecular weight is 450 g/mol. The summed E-state index contributed by atoms with van der Waals surface area (Å²) in [5, 5.41) is 18.0. The third kappa shape index (κ3) is 5.48. The van der Waals surface area contributed by atoms with Crippen LogP contribution >= 0.6 is 0 Å². The quantitative estimate of drug-likeness (QED) is 0.316. The van der Waals surface area contributed by atoms with Gasteiger partial charge < -0.3 is 10.1 Å². The van der Waals surface area contributed by atoms with Gasteiger partial charge in [-0.05, 0) is 25.5 Å². The number of rotatable bonds is 8. The van der Waals surface area contributed by atoms with Crippen LogP contribution in [-0.4, -0.2) is 39.2 Å². The fraction of sp³-hybridized carbons (Fsp3) is 0.217. The van der Waals surface area contributed by atoms with Gasteiger partial charge in [0.25, 0.3) is 11.6 Å². The molecule has 1 N–H and O–H groups in total. The summed E-state index contributed by atoms with van der Waals surface area (Å²) in [6.07, 6.45) is 0.148. The van der Waals surface area contributed by atoms with E-state index in [1.165, 1.54) is 18.2 Å². The van der Waals surface area contributed by atoms with E-state index in [0.717, 1.165) is 16.3 Å². The number of nitrogens with one attached hydrogen (secondary N) is 1. The van der Waals surface area contributed by atoms with Crippen molar-refractivity contribution in [2.75, 3.05) is 6.61 Å². The summed E-state index contributed by atoms with van der Waals surface area (Å²) >= 11 is 0. The lowest BCUT2D eigenvalue weighted by molar-refractivity contribution is -0.384. The number of para-hydroxylation sites is 2. The van der Waals surface area contributed by atoms with Crippen molar-refractivity contribution in [3.63, 3.8) is 0 Å². The van der Waals surface area contributed by atoms with E-state index in [2.05, 4.69) is 10.4 Å². The van der Waals surface area contributed by atoms with Crippen molar-refractivity contribution >= 4 is 17.6 Å². The topological polar surface area (TPSA) is 133 Å². The Morgan fingerprint density at radius 3 is 2.48 bits per heavy atom. The average Bonchev–Trinajstić information content (AvgIpc) is 2.79. The molecule has 0 aliphatic heterocycles. The zero-order valence-corrected chi connectivity index (χ0v) is 18.1. The number of benzene rings is 2. The molecule has 0 spiro atoms. The molecular weight excluding hydrogens is 428 g/mol. The second-order valence-corrected chi connectivity index (χ2v) is 7.12. The number of hydrogen-bond donors (Lipinski definition) is 1. The van der Waals surface area contributed by atoms with E-state index >= 15 is 0 Å². The zero-order valence-electron chi connectivity index (χ0n) is 18.1. The maximum Gasteiger partial charge on any atom is 0.328 e. The molecule has 10 heteroatoms. The Morgan fingerprint density at radius 1 is 1.15 bits per heavy atom. The van der Waals surface area contributed by atoms with Crippen molar-refractivity contribution in [3.8, 4) is 5.69 Å². The zero-order chi connectivity index (χ0) is 24.0. The summed E-state index contributed by atoms with van der Waals surface area (Å²) in [5.41, 5.74) is -0.234. The smallest absolute Gasteiger partial charge is 0.328 e. The lowest BCUT2D eigenvalue weighted by Gasteiger charge is -2.18. The van der Waals surface area contributed by atoms with Gasteiger partial charge in [0.2, 0.25) is 5.43 Å². The van der Waals surface area contributed by atoms with Gasteiger partial charge in [-0.15, -0.1) is 0 Å². The number of carbonyl (C=O) groups is 2. The van der Waals surface area contributed by atoms with Gasteiger partial charge >= 0.3 is 5.97 Å². The number of nitro groups is 1. The van der Waals surface area contributed by atoms with Crippen LogP contribution < -0.4 is 10.7 Å². The molecule has 1 heterocycles. The number of ether oxygens (including phenoxy) is 1. The van der Waals surface area contributed by atoms with Crippen LogP contribution in [0.25, 0.3) is 5.69 Å². The Hall–Kier alpha value is -4.34. The van der Waals surface area contributed by atoms with Crippen LogP contribution in [0.5, 0.6) is 0 Å². The van der Waals surface area contributed by atoms with Crippen LogP contribution in [-0.2, 0) is 16.0 Å². The monoisotopic (exact) mass is 450 g/mol. The van der Waals surface area contributed by atoms with Crippen molar-refractivity contribution in [2.45, 2.75) is 26.3 Å². The van der Waals surface area contributed by atoms with Gasteiger partial charge in [0.05, 0.1) is 11.5 Å². The molecule has 3 aromatic rings. The maximum absolute atomic E-state index is 13.0. The summed E-state index contributed by atoms with van der Waals surface area (Å²) in [4.78, 5) is 48.8. The van der Waals surface area contributed by atoms with Gasteiger partial charge in [-0.1, -0.05) is 42.5 Å². The Morgan fingerprint density at radius 2 is 1.82 bits per heavy atom. The second kappa shape index (κ2) is 10.3. The lowest BCUT2D eigenvalue weighted by Crippen LogP contribution is -2.45. The largest absolute Gasteiger partial charge is 0.464 e. The van der Waals surface area contributed by atoms with Gasteiger partial charge in [-0.3, -0.25) is 19.7 Å². The Labute approximate surface area is 189 Å². The number of carbonyl (C=O) groups excluding carboxylic acids is 2. The molecule has 170 valence electrons. The number of amides is 1. The van der Waals surface area contributed by atoms with Crippen molar-refractivity contribution in [1.82, 2.24) is 15.1 Å². The normalized spacial score (nSPS) is 11.5. The first-order valence-corrected chi connectivity index (χ1v) is 10.2. The number of aryl methyl sites for hydroxylation is 1. The third-order valence-corrected chi connectivity index (χ3v) is 4.79. The van der Waals surface area contributed by atoms with Crippen LogP contribution in [0.1, 0.15) is 28.7 Å². The summed E-state index contributed by atoms with van der Waals surface area (Å²) in [6.45, 7) is 3.31. The molecule has 1 unspecified atom stereocenters. The molecule has 0 radical (unpaired) electrons. The highest BCUT2D eigenvalue weighted by Gasteiger charge is 2.26. The minimum Gasteiger partial charge on any atom is -0.464 e. The summed E-state index contributed by atoms with van der Waals surface area (Å²) < 4.78 is 6.22. The molecule has 0 aliphatic carbocycles. The van der Waals surface area contributed by atoms with Crippen molar-refractivity contribution in [1.29, 1.82) is 0 Å². The Balaban J connectivity index is 1.97. The number of aromatic nitrogens is 2. The molecular formula is C23H22N4O6. The number of nitro benzene ring substituents is 1. The number of hydrogen-bond acceptors (Lipinski definition) is 7. The minimum absolute atomic E-state index is 0.0975. The molecule has 0 saturated heterocycles. The second-order valence-electron chi connectivity index (χ2n) is 7.12. The third-order valence-electron chi connectivity index (χ3n) is 4.79. The standard InChI is InChI=1S/C23H22N4O6/c1-3-33-23(30)17(14-16-9-5-4-6-10-16)24-22(29)21-20(28)13-15(2)26(25-21)18-11-7-8-12-19(18)27(31)32/h4-13,17H,3,14H2,1-2H3,(H,24,29). The molecule has 2 aromatic carbocycles. The van der Waals surface area contributed by atoms with E-state index in [9.17, 15) is 24.5 Å². The molecule has 33 heavy (non-hydrogen) atoms. The fourth-order valence-corrected chi connectivity index (χ4v) is 3.26. The summed E-state index contributed by atoms with van der Waals surface area (Å²) in [7, 11) is 0. The van der Waals surface area contributed by atoms with Gasteiger partial charge in [0, 0.05) is 24.2 Å². The van der Waals surface area contributed by atoms with Crippen molar-refractivity contribution < 1.29 is 19.2 Å². The summed E-state index contributed by atoms with van der Waals surface area (Å²) in [6, 6.07) is 15.0. The predicted octanol–water partition coefficient (Wildman–Crippen LogP) is 2.35. The first-order chi connectivity index (χ1) is 15.8. The van der Waals surface area contributed by atoms with Crippen molar-refractivity contribution in [2.24, 2.45) is 0 Å². The molecule has 0 saturated carbocycles. The van der Waals surface area contributed by atoms with E-state index in [-0.39, 0.29) is 24.4 Å². The fourth-order valence-electron chi connectivity index (χ4n) is 3.26. The highest BCUT2D eigenvalue weighted by molar-refractivity contribution is 5.95. The van der Waals surface area contributed by atoms with E-state index in [1.807, 2.05) is 6.07 Å². The van der Waals surface area contributed by atoms with E-state index in [0.29, 0.717) is 5.69 Å². The van der Waals surface area contributed by atoms with Gasteiger partial charge in [0.15, 0.2) is 5.69 Å². The van der Waals surface area contributed by atoms with E-state index < -0.39 is 34.0 Å². The van der Waals surface area contributed by atoms with E-state index in [1.54, 1.807) is 44.2 Å². The van der Waals surface area contributed by atoms with Gasteiger partial charge in [-0.25, -0.2) is 9.48 Å². The molecule has 3 rings (SSSR count). The highest BCUT2D eigenvalue weighted by Crippen LogP contribution is 2.22. The number of nitrogens with zero attached hydrogens (tertiary/aromatic N) is 3. The molecule has 10 nitrogen and oxygen atoms in total. The van der Waals surface area contributed by atoms with Gasteiger partial charge in [0.1, 0.15) is 11.7 Å². The number of esters is 1. The lowest BCUT2D eigenvalue weighted by atomic mass is 10.1. The van der Waals surface area contributed by atoms with E-state index in [4.69, 9.17) is 4.74 Å². The van der Waals surface area contributed by atoms with Crippen LogP contribution in [0, 0.1) is 17.0 Å². The molecule has 0 aliphatic rings. The van der Waals surface area contributed by atoms with Crippen molar-refractivity contribution in [3.05, 3.63) is 98.0 Å². The summed E-state index contributed by atoms with van der Waals surface area (Å²) in [5.74, 6) is -1.54. The molecule has 0 bridgehead atoms. The highest BCUT2D eigenvalue weighted by atomic mass is 16.6. The van der Waals surface area contributed by atoms with Crippen LogP contribution in [0.2, 0.25) is 0 Å². The van der Waals surface area contributed by atoms with Gasteiger partial charge in [-0.2, -0.15) is 5.10 Å². The molecule has 1 atom stereocenters. The minimum atomic E-state index is -1.05. The molecule has 1 amide bonds. The first-order valence-electron chi connectivity index (χ1n) is 10.2. The Bertz CT molecular complexity index is 1240. The van der Waals surface area contributed by atoms with Crippen LogP contribution in [0.15, 0.2) is 65.5 Å². The molecule has 0 fully saturated rings. The first kappa shape index (κ1) is 23.3. The van der Waals surface area contributed by atoms with Crippen LogP contribution in [0.4, 0.5) is 5.69 Å². The Kier molecular flexibility index (Phi) is 7.29. The SMILES string of the molecule is CCOC(=O)C(Cc1ccccc1)NC(=O)c1nn(-c2ccccc2[N+](=O)[O-])c(C)cc1=O. The maximum atomic E-state index is 13.0. The predicted molar refractivity (Wildman–Crippen MR) is 119 cm³/mol.